The molecule has 0 saturated carbocycles. The van der Waals surface area contributed by atoms with Gasteiger partial charge in [0.2, 0.25) is 11.8 Å². The van der Waals surface area contributed by atoms with E-state index >= 15 is 0 Å². The molecule has 3 N–H and O–H groups in total. The number of carbonyl (C=O) groups is 1. The largest absolute Gasteiger partial charge is 0.477 e. The van der Waals surface area contributed by atoms with E-state index in [0.29, 0.717) is 70.8 Å². The molecule has 5 heterocycles. The summed E-state index contributed by atoms with van der Waals surface area (Å²) in [6.07, 6.45) is 5.43. The molecular weight excluding hydrogens is 615 g/mol. The van der Waals surface area contributed by atoms with Crippen LogP contribution in [0, 0.1) is 12.8 Å². The first-order valence-electron chi connectivity index (χ1n) is 16.6. The maximum Gasteiger partial charge on any atom is 0.258 e. The molecule has 6 rings (SSSR count). The number of hydrogen-bond acceptors (Lipinski definition) is 10. The zero-order chi connectivity index (χ0) is 33.1. The van der Waals surface area contributed by atoms with Gasteiger partial charge in [-0.15, -0.1) is 0 Å². The van der Waals surface area contributed by atoms with Crippen LogP contribution in [0.4, 0.5) is 11.6 Å². The number of carbonyl (C=O) groups excluding carboxylic acids is 1. The number of pyridine rings is 1. The number of fused-ring (bicyclic) bond motifs is 5. The van der Waals surface area contributed by atoms with E-state index in [4.69, 9.17) is 19.8 Å². The molecule has 2 bridgehead atoms. The molecule has 2 saturated heterocycles. The van der Waals surface area contributed by atoms with E-state index < -0.39 is 9.73 Å². The molecule has 0 spiro atoms. The highest BCUT2D eigenvalue weighted by atomic mass is 32.2. The van der Waals surface area contributed by atoms with Gasteiger partial charge in [0, 0.05) is 61.7 Å². The first-order valence-corrected chi connectivity index (χ1v) is 18.5. The van der Waals surface area contributed by atoms with Gasteiger partial charge in [-0.1, -0.05) is 6.92 Å². The fourth-order valence-electron chi connectivity index (χ4n) is 6.83. The molecule has 1 amide bonds. The molecule has 0 unspecified atom stereocenters. The number of amides is 1. The van der Waals surface area contributed by atoms with Crippen LogP contribution in [0.15, 0.2) is 45.9 Å². The fourth-order valence-corrected chi connectivity index (χ4v) is 8.76. The van der Waals surface area contributed by atoms with Crippen LogP contribution in [0.5, 0.6) is 0 Å². The van der Waals surface area contributed by atoms with Crippen molar-refractivity contribution in [2.24, 2.45) is 21.0 Å². The summed E-state index contributed by atoms with van der Waals surface area (Å²) in [4.78, 5) is 32.4. The number of aryl methyl sites for hydroxylation is 1. The van der Waals surface area contributed by atoms with Gasteiger partial charge in [-0.05, 0) is 89.0 Å². The minimum absolute atomic E-state index is 0.245. The number of hydrogen-bond donors (Lipinski definition) is 2. The minimum atomic E-state index is -2.38. The van der Waals surface area contributed by atoms with Gasteiger partial charge in [0.25, 0.3) is 5.91 Å². The number of nitrogens with zero attached hydrogens (tertiary/aromatic N) is 7. The maximum absolute atomic E-state index is 13.9. The summed E-state index contributed by atoms with van der Waals surface area (Å²) in [5.74, 6) is 1.94. The molecule has 12 nitrogen and oxygen atoms in total. The second-order valence-corrected chi connectivity index (χ2v) is 15.6. The molecule has 2 aromatic heterocycles. The Balaban J connectivity index is 1.30. The van der Waals surface area contributed by atoms with Crippen LogP contribution in [0.2, 0.25) is 0 Å². The van der Waals surface area contributed by atoms with Crippen molar-refractivity contribution in [2.75, 3.05) is 63.7 Å². The van der Waals surface area contributed by atoms with Crippen molar-refractivity contribution in [3.8, 4) is 0 Å². The lowest BCUT2D eigenvalue weighted by atomic mass is 10.0. The van der Waals surface area contributed by atoms with Crippen molar-refractivity contribution in [3.05, 3.63) is 53.5 Å². The van der Waals surface area contributed by atoms with Crippen molar-refractivity contribution in [2.45, 2.75) is 52.1 Å². The molecule has 3 aliphatic rings. The van der Waals surface area contributed by atoms with Crippen LogP contribution in [0.1, 0.15) is 54.4 Å². The smallest absolute Gasteiger partial charge is 0.258 e. The van der Waals surface area contributed by atoms with Crippen molar-refractivity contribution in [1.82, 2.24) is 24.3 Å². The number of rotatable bonds is 2. The highest BCUT2D eigenvalue weighted by Gasteiger charge is 2.28. The van der Waals surface area contributed by atoms with Gasteiger partial charge >= 0.3 is 0 Å². The minimum Gasteiger partial charge on any atom is -0.477 e. The Morgan fingerprint density at radius 2 is 1.85 bits per heavy atom. The maximum atomic E-state index is 13.9. The lowest BCUT2D eigenvalue weighted by Gasteiger charge is -2.39. The normalized spacial score (nSPS) is 23.9. The molecule has 2 fully saturated rings. The Morgan fingerprint density at radius 3 is 2.57 bits per heavy atom. The number of nitrogens with one attached hydrogen (secondary N) is 1. The molecule has 3 aliphatic heterocycles. The van der Waals surface area contributed by atoms with E-state index in [9.17, 15) is 9.00 Å². The van der Waals surface area contributed by atoms with Crippen molar-refractivity contribution in [1.29, 1.82) is 0 Å². The third-order valence-corrected chi connectivity index (χ3v) is 11.7. The van der Waals surface area contributed by atoms with Gasteiger partial charge < -0.3 is 19.9 Å². The third-order valence-electron chi connectivity index (χ3n) is 9.49. The monoisotopic (exact) mass is 661 g/mol. The van der Waals surface area contributed by atoms with E-state index in [1.54, 1.807) is 19.2 Å². The lowest BCUT2D eigenvalue weighted by molar-refractivity contribution is 0.102. The second kappa shape index (κ2) is 14.1. The average Bonchev–Trinajstić information content (AvgIpc) is 3.37. The van der Waals surface area contributed by atoms with Crippen LogP contribution in [-0.4, -0.2) is 105 Å². The van der Waals surface area contributed by atoms with Crippen LogP contribution in [0.3, 0.4) is 0 Å². The predicted octanol–water partition coefficient (Wildman–Crippen LogP) is 4.28. The molecule has 3 aromatic rings. The van der Waals surface area contributed by atoms with Gasteiger partial charge in [-0.2, -0.15) is 4.36 Å². The molecule has 13 heteroatoms. The van der Waals surface area contributed by atoms with Gasteiger partial charge in [0.15, 0.2) is 0 Å². The topological polar surface area (TPSA) is 143 Å². The number of aliphatic imine (C=N–C) groups is 1. The first-order chi connectivity index (χ1) is 22.6. The summed E-state index contributed by atoms with van der Waals surface area (Å²) >= 11 is 0. The number of ether oxygens (including phenoxy) is 1. The summed E-state index contributed by atoms with van der Waals surface area (Å²) in [5, 5.41) is 3.06. The molecule has 252 valence electrons. The molecule has 0 radical (unpaired) electrons. The standard InChI is InChI=1S/C34H47N9O3S/c1-23-6-5-15-46-33(36-3)28(21-35)30-19-25(18-24(2)37-30)32(44)39-34-38-29-8-7-26(20-31(29)43(34)22-23)40-47(45)16-13-42(14-17-47)27-9-11-41(4)12-10-27/h7-8,18-21,23,27H,5-6,9-17,22,35H2,1-4H3,(H,38,39,44)/t23-/m1/s1. The molecule has 47 heavy (non-hydrogen) atoms. The molecule has 0 aliphatic carbocycles. The van der Waals surface area contributed by atoms with Gasteiger partial charge in [0.05, 0.1) is 44.3 Å². The Morgan fingerprint density at radius 1 is 1.09 bits per heavy atom. The van der Waals surface area contributed by atoms with E-state index in [1.807, 2.05) is 29.7 Å². The fraction of sp³-hybridized carbons (Fsp3) is 0.529. The summed E-state index contributed by atoms with van der Waals surface area (Å²) in [7, 11) is 1.45. The summed E-state index contributed by atoms with van der Waals surface area (Å²) in [5.41, 5.74) is 10.4. The van der Waals surface area contributed by atoms with E-state index in [0.717, 1.165) is 50.1 Å². The number of likely N-dealkylation sites (tertiary alicyclic amines) is 1. The predicted molar refractivity (Wildman–Crippen MR) is 189 cm³/mol. The summed E-state index contributed by atoms with van der Waals surface area (Å²) < 4.78 is 26.9. The van der Waals surface area contributed by atoms with Gasteiger partial charge in [0.1, 0.15) is 0 Å². The van der Waals surface area contributed by atoms with E-state index in [2.05, 4.69) is 39.1 Å². The van der Waals surface area contributed by atoms with Crippen molar-refractivity contribution in [3.63, 3.8) is 0 Å². The molecule has 1 aromatic carbocycles. The highest BCUT2D eigenvalue weighted by molar-refractivity contribution is 7.93. The van der Waals surface area contributed by atoms with Crippen LogP contribution < -0.4 is 11.1 Å². The zero-order valence-electron chi connectivity index (χ0n) is 27.9. The molecular formula is C34H47N9O3S. The highest BCUT2D eigenvalue weighted by Crippen LogP contribution is 2.29. The van der Waals surface area contributed by atoms with Gasteiger partial charge in [-0.3, -0.25) is 25.0 Å². The van der Waals surface area contributed by atoms with Crippen LogP contribution in [0.25, 0.3) is 16.6 Å². The number of imidazole rings is 1. The van der Waals surface area contributed by atoms with Gasteiger partial charge in [-0.25, -0.2) is 9.19 Å². The average molecular weight is 662 g/mol. The third kappa shape index (κ3) is 7.52. The number of anilines is 1. The number of piperidine rings is 1. The Hall–Kier alpha value is -3.81. The van der Waals surface area contributed by atoms with Crippen molar-refractivity contribution >= 4 is 49.8 Å². The number of benzene rings is 1. The van der Waals surface area contributed by atoms with E-state index in [1.165, 1.54) is 19.0 Å². The summed E-state index contributed by atoms with van der Waals surface area (Å²) in [6, 6.07) is 9.76. The lowest BCUT2D eigenvalue weighted by Crippen LogP contribution is -2.49. The Labute approximate surface area is 277 Å². The van der Waals surface area contributed by atoms with Crippen LogP contribution in [-0.2, 0) is 21.0 Å². The molecule has 1 atom stereocenters. The Bertz CT molecular complexity index is 1800. The Kier molecular flexibility index (Phi) is 9.95. The SMILES string of the molecule is CN=C1OCCC[C@@H](C)Cn2c(nc3ccc(N=S4(=O)CCN(C5CCN(C)CC5)CC4)cc32)NC(=O)c2cc(C)nc(c2)C1=CN. The van der Waals surface area contributed by atoms with Crippen LogP contribution >= 0.6 is 0 Å². The first kappa shape index (κ1) is 33.1. The zero-order valence-corrected chi connectivity index (χ0v) is 28.8. The van der Waals surface area contributed by atoms with E-state index in [-0.39, 0.29) is 11.8 Å². The summed E-state index contributed by atoms with van der Waals surface area (Å²) in [6.45, 7) is 8.97. The quantitative estimate of drug-likeness (QED) is 0.415. The number of nitrogens with two attached hydrogens (primary N) is 1. The number of aromatic nitrogens is 3. The second-order valence-electron chi connectivity index (χ2n) is 13.1. The van der Waals surface area contributed by atoms with Crippen molar-refractivity contribution < 1.29 is 13.7 Å².